The quantitative estimate of drug-likeness (QED) is 0.610. The molecule has 0 saturated carbocycles. The molecule has 0 aromatic carbocycles. The van der Waals surface area contributed by atoms with Crippen LogP contribution in [0.1, 0.15) is 0 Å². The minimum atomic E-state index is 0.917. The van der Waals surface area contributed by atoms with Gasteiger partial charge in [-0.05, 0) is 13.1 Å². The lowest BCUT2D eigenvalue weighted by Crippen LogP contribution is -2.14. The molecule has 9 heavy (non-hydrogen) atoms. The molecule has 0 aliphatic rings. The molecule has 0 bridgehead atoms. The fourth-order valence-corrected chi connectivity index (χ4v) is 0.611. The molecule has 0 amide bonds. The van der Waals surface area contributed by atoms with Gasteiger partial charge in [0.25, 0.3) is 0 Å². The number of nitrogens with zero attached hydrogens (tertiary/aromatic N) is 2. The molecule has 3 nitrogen and oxygen atoms in total. The summed E-state index contributed by atoms with van der Waals surface area (Å²) in [5.74, 6) is 0. The van der Waals surface area contributed by atoms with Crippen molar-refractivity contribution in [2.75, 3.05) is 13.6 Å². The van der Waals surface area contributed by atoms with Crippen molar-refractivity contribution >= 4 is 0 Å². The number of nitrogens with one attached hydrogen (secondary N) is 1. The zero-order valence-corrected chi connectivity index (χ0v) is 5.46. The first kappa shape index (κ1) is 6.29. The SMILES string of the molecule is CNCCn1cc[c]n1. The molecule has 0 saturated heterocycles. The van der Waals surface area contributed by atoms with Gasteiger partial charge in [0.1, 0.15) is 6.20 Å². The average molecular weight is 124 g/mol. The normalized spacial score (nSPS) is 9.89. The monoisotopic (exact) mass is 124 g/mol. The molecule has 1 aromatic heterocycles. The van der Waals surface area contributed by atoms with E-state index in [1.54, 1.807) is 6.07 Å². The second-order valence-electron chi connectivity index (χ2n) is 1.81. The summed E-state index contributed by atoms with van der Waals surface area (Å²) < 4.78 is 1.84. The lowest BCUT2D eigenvalue weighted by molar-refractivity contribution is 0.584. The Morgan fingerprint density at radius 1 is 1.78 bits per heavy atom. The zero-order valence-electron chi connectivity index (χ0n) is 5.46. The van der Waals surface area contributed by atoms with Crippen molar-refractivity contribution in [1.29, 1.82) is 0 Å². The Kier molecular flexibility index (Phi) is 2.27. The third-order valence-corrected chi connectivity index (χ3v) is 1.10. The van der Waals surface area contributed by atoms with E-state index in [1.165, 1.54) is 0 Å². The van der Waals surface area contributed by atoms with Gasteiger partial charge in [0.2, 0.25) is 0 Å². The number of aromatic nitrogens is 2. The van der Waals surface area contributed by atoms with Gasteiger partial charge in [-0.15, -0.1) is 0 Å². The molecule has 1 aromatic rings. The third kappa shape index (κ3) is 1.85. The molecule has 0 aliphatic heterocycles. The van der Waals surface area contributed by atoms with Crippen LogP contribution in [-0.4, -0.2) is 23.4 Å². The van der Waals surface area contributed by atoms with E-state index in [0.717, 1.165) is 13.1 Å². The second kappa shape index (κ2) is 3.25. The Balaban J connectivity index is 2.30. The van der Waals surface area contributed by atoms with Gasteiger partial charge in [-0.25, -0.2) is 0 Å². The van der Waals surface area contributed by atoms with E-state index in [-0.39, 0.29) is 0 Å². The summed E-state index contributed by atoms with van der Waals surface area (Å²) in [7, 11) is 1.92. The number of hydrogen-bond donors (Lipinski definition) is 1. The van der Waals surface area contributed by atoms with Crippen LogP contribution in [0.3, 0.4) is 0 Å². The van der Waals surface area contributed by atoms with Crippen LogP contribution in [0.2, 0.25) is 0 Å². The molecule has 1 N–H and O–H groups in total. The first-order valence-electron chi connectivity index (χ1n) is 2.97. The van der Waals surface area contributed by atoms with Crippen molar-refractivity contribution in [3.63, 3.8) is 0 Å². The van der Waals surface area contributed by atoms with E-state index in [1.807, 2.05) is 17.9 Å². The molecule has 3 heteroatoms. The molecular formula is C6H10N3. The van der Waals surface area contributed by atoms with Crippen LogP contribution in [-0.2, 0) is 6.54 Å². The van der Waals surface area contributed by atoms with Gasteiger partial charge in [-0.2, -0.15) is 5.10 Å². The molecule has 0 aliphatic carbocycles. The standard InChI is InChI=1S/C6H10N3/c1-7-4-6-9-5-2-3-8-9/h2,5,7H,4,6H2,1H3. The summed E-state index contributed by atoms with van der Waals surface area (Å²) in [6.45, 7) is 1.87. The fraction of sp³-hybridized carbons (Fsp3) is 0.500. The highest BCUT2D eigenvalue weighted by molar-refractivity contribution is 4.75. The summed E-state index contributed by atoms with van der Waals surface area (Å²) in [4.78, 5) is 0. The van der Waals surface area contributed by atoms with Crippen molar-refractivity contribution in [1.82, 2.24) is 15.1 Å². The number of hydrogen-bond acceptors (Lipinski definition) is 2. The molecule has 0 atom stereocenters. The smallest absolute Gasteiger partial charge is 0.113 e. The highest BCUT2D eigenvalue weighted by Gasteiger charge is 1.85. The Morgan fingerprint density at radius 3 is 3.22 bits per heavy atom. The summed E-state index contributed by atoms with van der Waals surface area (Å²) in [6.07, 6.45) is 4.62. The van der Waals surface area contributed by atoms with Crippen LogP contribution < -0.4 is 5.32 Å². The highest BCUT2D eigenvalue weighted by Crippen LogP contribution is 1.80. The van der Waals surface area contributed by atoms with E-state index in [2.05, 4.69) is 16.6 Å². The second-order valence-corrected chi connectivity index (χ2v) is 1.81. The molecule has 49 valence electrons. The topological polar surface area (TPSA) is 29.9 Å². The molecule has 0 fully saturated rings. The largest absolute Gasteiger partial charge is 0.318 e. The van der Waals surface area contributed by atoms with Crippen LogP contribution in [0.25, 0.3) is 0 Å². The molecule has 0 unspecified atom stereocenters. The molecule has 0 spiro atoms. The first-order valence-corrected chi connectivity index (χ1v) is 2.97. The maximum Gasteiger partial charge on any atom is 0.113 e. The van der Waals surface area contributed by atoms with E-state index < -0.39 is 0 Å². The molecule has 1 heterocycles. The predicted molar refractivity (Wildman–Crippen MR) is 35.0 cm³/mol. The Hall–Kier alpha value is -0.830. The minimum Gasteiger partial charge on any atom is -0.318 e. The van der Waals surface area contributed by atoms with Crippen LogP contribution in [0.5, 0.6) is 0 Å². The maximum atomic E-state index is 3.91. The maximum absolute atomic E-state index is 3.91. The van der Waals surface area contributed by atoms with Crippen molar-refractivity contribution in [2.24, 2.45) is 0 Å². The third-order valence-electron chi connectivity index (χ3n) is 1.10. The van der Waals surface area contributed by atoms with Gasteiger partial charge in [0.05, 0.1) is 6.54 Å². The Morgan fingerprint density at radius 2 is 2.67 bits per heavy atom. The van der Waals surface area contributed by atoms with Gasteiger partial charge < -0.3 is 5.32 Å². The van der Waals surface area contributed by atoms with Crippen molar-refractivity contribution in [3.8, 4) is 0 Å². The lowest BCUT2D eigenvalue weighted by Gasteiger charge is -1.97. The van der Waals surface area contributed by atoms with Gasteiger partial charge in [-0.3, -0.25) is 4.68 Å². The Bertz CT molecular complexity index is 145. The van der Waals surface area contributed by atoms with Crippen molar-refractivity contribution in [3.05, 3.63) is 18.5 Å². The number of rotatable bonds is 3. The summed E-state index contributed by atoms with van der Waals surface area (Å²) in [5, 5.41) is 6.94. The average Bonchev–Trinajstić information content (AvgIpc) is 2.34. The summed E-state index contributed by atoms with van der Waals surface area (Å²) in [6, 6.07) is 1.80. The molecular weight excluding hydrogens is 114 g/mol. The van der Waals surface area contributed by atoms with Gasteiger partial charge in [-0.1, -0.05) is 0 Å². The molecule has 1 rings (SSSR count). The van der Waals surface area contributed by atoms with Crippen LogP contribution in [0, 0.1) is 6.20 Å². The summed E-state index contributed by atoms with van der Waals surface area (Å²) >= 11 is 0. The summed E-state index contributed by atoms with van der Waals surface area (Å²) in [5.41, 5.74) is 0. The van der Waals surface area contributed by atoms with E-state index in [4.69, 9.17) is 0 Å². The van der Waals surface area contributed by atoms with Crippen LogP contribution >= 0.6 is 0 Å². The minimum absolute atomic E-state index is 0.917. The lowest BCUT2D eigenvalue weighted by atomic mass is 10.6. The van der Waals surface area contributed by atoms with Crippen molar-refractivity contribution in [2.45, 2.75) is 6.54 Å². The van der Waals surface area contributed by atoms with Gasteiger partial charge >= 0.3 is 0 Å². The predicted octanol–water partition coefficient (Wildman–Crippen LogP) is -0.0973. The van der Waals surface area contributed by atoms with Gasteiger partial charge in [0, 0.05) is 12.7 Å². The first-order chi connectivity index (χ1) is 4.43. The van der Waals surface area contributed by atoms with Gasteiger partial charge in [0.15, 0.2) is 0 Å². The Labute approximate surface area is 54.7 Å². The zero-order chi connectivity index (χ0) is 6.53. The van der Waals surface area contributed by atoms with Crippen molar-refractivity contribution < 1.29 is 0 Å². The van der Waals surface area contributed by atoms with E-state index >= 15 is 0 Å². The number of likely N-dealkylation sites (N-methyl/N-ethyl adjacent to an activating group) is 1. The van der Waals surface area contributed by atoms with E-state index in [9.17, 15) is 0 Å². The van der Waals surface area contributed by atoms with Crippen LogP contribution in [0.4, 0.5) is 0 Å². The molecule has 1 radical (unpaired) electrons. The van der Waals surface area contributed by atoms with E-state index in [0.29, 0.717) is 0 Å². The van der Waals surface area contributed by atoms with Crippen LogP contribution in [0.15, 0.2) is 12.3 Å². The fourth-order valence-electron chi connectivity index (χ4n) is 0.611. The highest BCUT2D eigenvalue weighted by atomic mass is 15.3.